The molecule has 9 nitrogen and oxygen atoms in total. The minimum Gasteiger partial charge on any atom is -0.472 e. The van der Waals surface area contributed by atoms with Crippen LogP contribution in [-0.4, -0.2) is 60.7 Å². The van der Waals surface area contributed by atoms with Gasteiger partial charge in [-0.2, -0.15) is 0 Å². The molecule has 0 atom stereocenters. The Morgan fingerprint density at radius 2 is 1.74 bits per heavy atom. The number of benzene rings is 1. The second kappa shape index (κ2) is 10.2. The minimum atomic E-state index is -0.651. The van der Waals surface area contributed by atoms with Gasteiger partial charge in [0.1, 0.15) is 11.4 Å². The number of aromatic nitrogens is 1. The van der Waals surface area contributed by atoms with Crippen molar-refractivity contribution in [1.82, 2.24) is 9.88 Å². The highest BCUT2D eigenvalue weighted by Crippen LogP contribution is 2.30. The highest BCUT2D eigenvalue weighted by molar-refractivity contribution is 6.07. The molecule has 0 radical (unpaired) electrons. The lowest BCUT2D eigenvalue weighted by molar-refractivity contribution is 0.0635. The Morgan fingerprint density at radius 1 is 0.971 bits per heavy atom. The Balaban J connectivity index is 1.53. The number of carbonyl (C=O) groups is 2. The number of ether oxygens (including phenoxy) is 1. The van der Waals surface area contributed by atoms with Gasteiger partial charge in [0.25, 0.3) is 5.91 Å². The number of rotatable bonds is 5. The Kier molecular flexibility index (Phi) is 7.07. The summed E-state index contributed by atoms with van der Waals surface area (Å²) in [7, 11) is 2.10. The van der Waals surface area contributed by atoms with Crippen LogP contribution in [0.15, 0.2) is 59.5 Å². The van der Waals surface area contributed by atoms with Crippen LogP contribution < -0.4 is 15.5 Å². The fourth-order valence-corrected chi connectivity index (χ4v) is 3.72. The largest absolute Gasteiger partial charge is 0.472 e. The Hall–Kier alpha value is -3.85. The molecule has 0 aliphatic carbocycles. The normalized spacial score (nSPS) is 14.5. The molecule has 35 heavy (non-hydrogen) atoms. The van der Waals surface area contributed by atoms with E-state index in [0.717, 1.165) is 43.1 Å². The number of hydrogen-bond donors (Lipinski definition) is 2. The van der Waals surface area contributed by atoms with Crippen molar-refractivity contribution < 1.29 is 18.7 Å². The molecule has 184 valence electrons. The molecule has 9 heteroatoms. The standard InChI is InChI=1S/C26H31N5O4/c1-26(2,3)35-25(33)29-21-7-5-18(20-9-14-34-17-20)15-22(21)28-24(32)19-6-8-23(27-16-19)31-12-10-30(4)11-13-31/h5-9,14-17H,10-13H2,1-4H3,(H,28,32)(H,29,33). The third-order valence-electron chi connectivity index (χ3n) is 5.60. The number of nitrogens with zero attached hydrogens (tertiary/aromatic N) is 3. The van der Waals surface area contributed by atoms with E-state index in [0.29, 0.717) is 16.9 Å². The zero-order chi connectivity index (χ0) is 25.0. The Bertz CT molecular complexity index is 1160. The molecular weight excluding hydrogens is 446 g/mol. The highest BCUT2D eigenvalue weighted by Gasteiger charge is 2.20. The summed E-state index contributed by atoms with van der Waals surface area (Å²) in [4.78, 5) is 34.4. The Morgan fingerprint density at radius 3 is 2.37 bits per heavy atom. The monoisotopic (exact) mass is 477 g/mol. The van der Waals surface area contributed by atoms with Gasteiger partial charge < -0.3 is 24.3 Å². The fourth-order valence-electron chi connectivity index (χ4n) is 3.72. The molecule has 0 saturated carbocycles. The number of furan rings is 1. The lowest BCUT2D eigenvalue weighted by Crippen LogP contribution is -2.44. The van der Waals surface area contributed by atoms with Gasteiger partial charge in [-0.15, -0.1) is 0 Å². The number of anilines is 3. The average molecular weight is 478 g/mol. The number of piperazine rings is 1. The Labute approximate surface area is 205 Å². The maximum Gasteiger partial charge on any atom is 0.412 e. The molecule has 3 aromatic rings. The van der Waals surface area contributed by atoms with Crippen molar-refractivity contribution in [3.05, 3.63) is 60.7 Å². The number of pyridine rings is 1. The van der Waals surface area contributed by atoms with Crippen molar-refractivity contribution in [2.75, 3.05) is 48.8 Å². The smallest absolute Gasteiger partial charge is 0.412 e. The number of amides is 2. The van der Waals surface area contributed by atoms with Gasteiger partial charge in [-0.3, -0.25) is 10.1 Å². The van der Waals surface area contributed by atoms with Crippen LogP contribution in [0, 0.1) is 0 Å². The van der Waals surface area contributed by atoms with Crippen LogP contribution in [0.5, 0.6) is 0 Å². The highest BCUT2D eigenvalue weighted by atomic mass is 16.6. The average Bonchev–Trinajstić information content (AvgIpc) is 3.35. The summed E-state index contributed by atoms with van der Waals surface area (Å²) >= 11 is 0. The van der Waals surface area contributed by atoms with E-state index in [4.69, 9.17) is 9.15 Å². The van der Waals surface area contributed by atoms with E-state index < -0.39 is 11.7 Å². The van der Waals surface area contributed by atoms with Crippen LogP contribution in [-0.2, 0) is 4.74 Å². The third kappa shape index (κ3) is 6.39. The molecule has 1 fully saturated rings. The zero-order valence-corrected chi connectivity index (χ0v) is 20.5. The number of carbonyl (C=O) groups excluding carboxylic acids is 2. The first-order valence-electron chi connectivity index (χ1n) is 11.6. The molecule has 2 amide bonds. The zero-order valence-electron chi connectivity index (χ0n) is 20.5. The summed E-state index contributed by atoms with van der Waals surface area (Å²) in [6.07, 6.45) is 4.16. The molecule has 1 aliphatic heterocycles. The predicted molar refractivity (Wildman–Crippen MR) is 136 cm³/mol. The molecule has 1 aromatic carbocycles. The van der Waals surface area contributed by atoms with Crippen LogP contribution in [0.1, 0.15) is 31.1 Å². The van der Waals surface area contributed by atoms with Gasteiger partial charge in [-0.05, 0) is 63.7 Å². The number of likely N-dealkylation sites (N-methyl/N-ethyl adjacent to an activating group) is 1. The van der Waals surface area contributed by atoms with Gasteiger partial charge in [-0.1, -0.05) is 6.07 Å². The topological polar surface area (TPSA) is 99.9 Å². The quantitative estimate of drug-likeness (QED) is 0.550. The lowest BCUT2D eigenvalue weighted by atomic mass is 10.1. The molecule has 1 aliphatic rings. The van der Waals surface area contributed by atoms with E-state index in [-0.39, 0.29) is 5.91 Å². The molecule has 3 heterocycles. The molecule has 4 rings (SSSR count). The predicted octanol–water partition coefficient (Wildman–Crippen LogP) is 4.69. The van der Waals surface area contributed by atoms with Crippen molar-refractivity contribution >= 4 is 29.2 Å². The summed E-state index contributed by atoms with van der Waals surface area (Å²) < 4.78 is 10.6. The van der Waals surface area contributed by atoms with E-state index in [2.05, 4.69) is 32.5 Å². The van der Waals surface area contributed by atoms with Crippen LogP contribution in [0.4, 0.5) is 22.0 Å². The first kappa shape index (κ1) is 24.3. The summed E-state index contributed by atoms with van der Waals surface area (Å²) in [5.41, 5.74) is 2.29. The van der Waals surface area contributed by atoms with E-state index in [9.17, 15) is 9.59 Å². The molecular formula is C26H31N5O4. The van der Waals surface area contributed by atoms with Crippen LogP contribution in [0.3, 0.4) is 0 Å². The van der Waals surface area contributed by atoms with Crippen molar-refractivity contribution in [3.63, 3.8) is 0 Å². The minimum absolute atomic E-state index is 0.334. The first-order valence-corrected chi connectivity index (χ1v) is 11.6. The van der Waals surface area contributed by atoms with Crippen molar-refractivity contribution in [2.45, 2.75) is 26.4 Å². The second-order valence-corrected chi connectivity index (χ2v) is 9.55. The van der Waals surface area contributed by atoms with Gasteiger partial charge in [0.05, 0.1) is 29.5 Å². The summed E-state index contributed by atoms with van der Waals surface area (Å²) in [5.74, 6) is 0.517. The summed E-state index contributed by atoms with van der Waals surface area (Å²) in [6, 6.07) is 10.8. The molecule has 1 saturated heterocycles. The van der Waals surface area contributed by atoms with Gasteiger partial charge in [-0.25, -0.2) is 9.78 Å². The van der Waals surface area contributed by atoms with Gasteiger partial charge in [0, 0.05) is 37.9 Å². The SMILES string of the molecule is CN1CCN(c2ccc(C(=O)Nc3cc(-c4ccoc4)ccc3NC(=O)OC(C)(C)C)cn2)CC1. The lowest BCUT2D eigenvalue weighted by Gasteiger charge is -2.33. The molecule has 0 bridgehead atoms. The molecule has 2 aromatic heterocycles. The summed E-state index contributed by atoms with van der Waals surface area (Å²) in [6.45, 7) is 9.11. The van der Waals surface area contributed by atoms with E-state index in [1.54, 1.807) is 57.7 Å². The van der Waals surface area contributed by atoms with E-state index in [1.165, 1.54) is 0 Å². The van der Waals surface area contributed by atoms with Crippen molar-refractivity contribution in [1.29, 1.82) is 0 Å². The maximum absolute atomic E-state index is 13.1. The molecule has 0 spiro atoms. The fraction of sp³-hybridized carbons (Fsp3) is 0.346. The van der Waals surface area contributed by atoms with Crippen molar-refractivity contribution in [2.24, 2.45) is 0 Å². The van der Waals surface area contributed by atoms with Gasteiger partial charge >= 0.3 is 6.09 Å². The summed E-state index contributed by atoms with van der Waals surface area (Å²) in [5, 5.41) is 5.63. The van der Waals surface area contributed by atoms with Crippen LogP contribution in [0.2, 0.25) is 0 Å². The third-order valence-corrected chi connectivity index (χ3v) is 5.60. The molecule has 0 unspecified atom stereocenters. The first-order chi connectivity index (χ1) is 16.7. The second-order valence-electron chi connectivity index (χ2n) is 9.55. The van der Waals surface area contributed by atoms with Crippen LogP contribution >= 0.6 is 0 Å². The van der Waals surface area contributed by atoms with Crippen LogP contribution in [0.25, 0.3) is 11.1 Å². The number of hydrogen-bond acceptors (Lipinski definition) is 7. The van der Waals surface area contributed by atoms with Crippen molar-refractivity contribution in [3.8, 4) is 11.1 Å². The number of nitrogens with one attached hydrogen (secondary N) is 2. The molecule has 2 N–H and O–H groups in total. The van der Waals surface area contributed by atoms with Gasteiger partial charge in [0.15, 0.2) is 0 Å². The van der Waals surface area contributed by atoms with E-state index >= 15 is 0 Å². The maximum atomic E-state index is 13.1. The van der Waals surface area contributed by atoms with E-state index in [1.807, 2.05) is 18.2 Å². The van der Waals surface area contributed by atoms with Gasteiger partial charge in [0.2, 0.25) is 0 Å².